The minimum absolute atomic E-state index is 0.0213. The first-order valence-electron chi connectivity index (χ1n) is 5.79. The maximum atomic E-state index is 10.8. The minimum atomic E-state index is -0.533. The molecule has 0 aliphatic rings. The average Bonchev–Trinajstić information content (AvgIpc) is 2.42. The summed E-state index contributed by atoms with van der Waals surface area (Å²) in [5.41, 5.74) is 1.41. The summed E-state index contributed by atoms with van der Waals surface area (Å²) >= 11 is 3.17. The Morgan fingerprint density at radius 1 is 1.33 bits per heavy atom. The Morgan fingerprint density at radius 2 is 2.05 bits per heavy atom. The molecule has 1 aromatic heterocycles. The van der Waals surface area contributed by atoms with Crippen molar-refractivity contribution in [3.05, 3.63) is 49.6 Å². The molecule has 0 atom stereocenters. The lowest BCUT2D eigenvalue weighted by atomic mass is 10.1. The van der Waals surface area contributed by atoms with Gasteiger partial charge >= 0.3 is 0 Å². The molecule has 0 unspecified atom stereocenters. The number of nitro groups is 1. The molecule has 0 amide bonds. The van der Waals surface area contributed by atoms with Gasteiger partial charge in [-0.15, -0.1) is 5.10 Å². The first kappa shape index (κ1) is 14.9. The highest BCUT2D eigenvalue weighted by Gasteiger charge is 2.15. The first-order chi connectivity index (χ1) is 9.92. The number of aryl methyl sites for hydroxylation is 1. The fourth-order valence-corrected chi connectivity index (χ4v) is 2.07. The largest absolute Gasteiger partial charge is 0.436 e. The van der Waals surface area contributed by atoms with Crippen LogP contribution in [0.2, 0.25) is 0 Å². The molecule has 7 nitrogen and oxygen atoms in total. The summed E-state index contributed by atoms with van der Waals surface area (Å²) in [6, 6.07) is 6.15. The molecule has 21 heavy (non-hydrogen) atoms. The molecule has 0 bridgehead atoms. The number of rotatable bonds is 3. The summed E-state index contributed by atoms with van der Waals surface area (Å²) in [7, 11) is 0. The number of benzene rings is 1. The fourth-order valence-electron chi connectivity index (χ4n) is 1.61. The number of ether oxygens (including phenoxy) is 1. The molecule has 0 saturated heterocycles. The molecular formula is C13H9BrN4O3. The molecule has 1 aromatic carbocycles. The fraction of sp³-hybridized carbons (Fsp3) is 0.154. The van der Waals surface area contributed by atoms with Gasteiger partial charge in [0.1, 0.15) is 17.4 Å². The van der Waals surface area contributed by atoms with Crippen LogP contribution >= 0.6 is 15.9 Å². The normalized spacial score (nSPS) is 10.0. The van der Waals surface area contributed by atoms with Gasteiger partial charge in [0.15, 0.2) is 0 Å². The van der Waals surface area contributed by atoms with E-state index in [0.29, 0.717) is 15.7 Å². The van der Waals surface area contributed by atoms with E-state index >= 15 is 0 Å². The maximum Gasteiger partial charge on any atom is 0.274 e. The number of halogens is 1. The van der Waals surface area contributed by atoms with E-state index in [1.54, 1.807) is 19.9 Å². The lowest BCUT2D eigenvalue weighted by molar-refractivity contribution is -0.385. The minimum Gasteiger partial charge on any atom is -0.436 e. The van der Waals surface area contributed by atoms with Crippen LogP contribution in [0.25, 0.3) is 0 Å². The number of non-ortho nitro benzene ring substituents is 1. The zero-order valence-electron chi connectivity index (χ0n) is 11.1. The van der Waals surface area contributed by atoms with Gasteiger partial charge in [-0.3, -0.25) is 10.1 Å². The van der Waals surface area contributed by atoms with Gasteiger partial charge in [0, 0.05) is 10.5 Å². The van der Waals surface area contributed by atoms with Gasteiger partial charge in [0.05, 0.1) is 16.7 Å². The van der Waals surface area contributed by atoms with E-state index in [0.717, 1.165) is 0 Å². The second kappa shape index (κ2) is 5.85. The van der Waals surface area contributed by atoms with E-state index in [9.17, 15) is 15.4 Å². The van der Waals surface area contributed by atoms with E-state index in [-0.39, 0.29) is 22.9 Å². The van der Waals surface area contributed by atoms with Crippen LogP contribution in [0.3, 0.4) is 0 Å². The lowest BCUT2D eigenvalue weighted by Crippen LogP contribution is -2.00. The van der Waals surface area contributed by atoms with Crippen LogP contribution in [0, 0.1) is 35.3 Å². The number of aromatic nitrogens is 2. The Balaban J connectivity index is 2.46. The van der Waals surface area contributed by atoms with E-state index in [1.165, 1.54) is 12.1 Å². The zero-order valence-corrected chi connectivity index (χ0v) is 12.7. The van der Waals surface area contributed by atoms with Crippen LogP contribution in [-0.4, -0.2) is 15.1 Å². The van der Waals surface area contributed by atoms with Crippen molar-refractivity contribution in [2.75, 3.05) is 0 Å². The molecule has 0 aliphatic heterocycles. The summed E-state index contributed by atoms with van der Waals surface area (Å²) < 4.78 is 5.97. The number of nitriles is 1. The number of hydrogen-bond acceptors (Lipinski definition) is 6. The third kappa shape index (κ3) is 3.14. The summed E-state index contributed by atoms with van der Waals surface area (Å²) in [5.74, 6) is 0.220. The average molecular weight is 349 g/mol. The molecule has 2 rings (SSSR count). The topological polar surface area (TPSA) is 102 Å². The molecule has 0 N–H and O–H groups in total. The highest BCUT2D eigenvalue weighted by atomic mass is 79.9. The van der Waals surface area contributed by atoms with Crippen molar-refractivity contribution in [3.63, 3.8) is 0 Å². The quantitative estimate of drug-likeness (QED) is 0.621. The third-order valence-electron chi connectivity index (χ3n) is 2.82. The number of hydrogen-bond donors (Lipinski definition) is 0. The predicted molar refractivity (Wildman–Crippen MR) is 77.1 cm³/mol. The van der Waals surface area contributed by atoms with Crippen LogP contribution in [0.5, 0.6) is 11.6 Å². The van der Waals surface area contributed by atoms with E-state index < -0.39 is 4.92 Å². The van der Waals surface area contributed by atoms with Gasteiger partial charge in [-0.25, -0.2) is 0 Å². The molecule has 0 spiro atoms. The van der Waals surface area contributed by atoms with Crippen molar-refractivity contribution in [1.29, 1.82) is 5.26 Å². The van der Waals surface area contributed by atoms with Gasteiger partial charge in [-0.05, 0) is 25.5 Å². The highest BCUT2D eigenvalue weighted by molar-refractivity contribution is 9.10. The monoisotopic (exact) mass is 348 g/mol. The Hall–Kier alpha value is -2.53. The first-order valence-corrected chi connectivity index (χ1v) is 6.58. The van der Waals surface area contributed by atoms with Gasteiger partial charge in [0.25, 0.3) is 11.6 Å². The molecule has 8 heteroatoms. The van der Waals surface area contributed by atoms with E-state index in [1.807, 2.05) is 6.07 Å². The second-order valence-electron chi connectivity index (χ2n) is 4.21. The summed E-state index contributed by atoms with van der Waals surface area (Å²) in [6.45, 7) is 3.47. The van der Waals surface area contributed by atoms with Crippen molar-refractivity contribution in [1.82, 2.24) is 10.2 Å². The molecule has 0 aliphatic carbocycles. The molecular weight excluding hydrogens is 340 g/mol. The van der Waals surface area contributed by atoms with Crippen LogP contribution in [0.15, 0.2) is 22.7 Å². The standard InChI is InChI=1S/C13H9BrN4O3/c1-7-8(2)16-17-13(12(7)6-15)21-11-4-9(14)3-10(5-11)18(19)20/h3-5H,1-2H3. The van der Waals surface area contributed by atoms with Crippen LogP contribution < -0.4 is 4.74 Å². The Kier molecular flexibility index (Phi) is 4.14. The molecule has 1 heterocycles. The number of nitro benzene ring substituents is 1. The Labute approximate surface area is 128 Å². The van der Waals surface area contributed by atoms with Crippen molar-refractivity contribution in [3.8, 4) is 17.7 Å². The van der Waals surface area contributed by atoms with Crippen molar-refractivity contribution in [2.24, 2.45) is 0 Å². The SMILES string of the molecule is Cc1nnc(Oc2cc(Br)cc([N+](=O)[O-])c2)c(C#N)c1C. The van der Waals surface area contributed by atoms with E-state index in [4.69, 9.17) is 4.74 Å². The molecule has 2 aromatic rings. The van der Waals surface area contributed by atoms with Gasteiger partial charge in [-0.1, -0.05) is 15.9 Å². The van der Waals surface area contributed by atoms with Crippen molar-refractivity contribution in [2.45, 2.75) is 13.8 Å². The Morgan fingerprint density at radius 3 is 2.67 bits per heavy atom. The zero-order chi connectivity index (χ0) is 15.6. The number of nitrogens with zero attached hydrogens (tertiary/aromatic N) is 4. The van der Waals surface area contributed by atoms with Crippen molar-refractivity contribution < 1.29 is 9.66 Å². The highest BCUT2D eigenvalue weighted by Crippen LogP contribution is 2.30. The third-order valence-corrected chi connectivity index (χ3v) is 3.27. The molecule has 0 radical (unpaired) electrons. The summed E-state index contributed by atoms with van der Waals surface area (Å²) in [6.07, 6.45) is 0. The van der Waals surface area contributed by atoms with Gasteiger partial charge < -0.3 is 4.74 Å². The predicted octanol–water partition coefficient (Wildman–Crippen LogP) is 3.43. The Bertz CT molecular complexity index is 771. The summed E-state index contributed by atoms with van der Waals surface area (Å²) in [5, 5.41) is 27.7. The van der Waals surface area contributed by atoms with Gasteiger partial charge in [0.2, 0.25) is 0 Å². The lowest BCUT2D eigenvalue weighted by Gasteiger charge is -2.08. The molecule has 0 fully saturated rings. The smallest absolute Gasteiger partial charge is 0.274 e. The molecule has 106 valence electrons. The van der Waals surface area contributed by atoms with Gasteiger partial charge in [-0.2, -0.15) is 10.4 Å². The maximum absolute atomic E-state index is 10.8. The molecule has 0 saturated carbocycles. The van der Waals surface area contributed by atoms with Crippen LogP contribution in [0.1, 0.15) is 16.8 Å². The van der Waals surface area contributed by atoms with Crippen LogP contribution in [0.4, 0.5) is 5.69 Å². The van der Waals surface area contributed by atoms with Crippen LogP contribution in [-0.2, 0) is 0 Å². The van der Waals surface area contributed by atoms with E-state index in [2.05, 4.69) is 26.1 Å². The second-order valence-corrected chi connectivity index (χ2v) is 5.12. The van der Waals surface area contributed by atoms with Crippen molar-refractivity contribution >= 4 is 21.6 Å². The summed E-state index contributed by atoms with van der Waals surface area (Å²) in [4.78, 5) is 10.3.